The molecule has 0 aliphatic carbocycles. The fourth-order valence-corrected chi connectivity index (χ4v) is 6.35. The van der Waals surface area contributed by atoms with Crippen molar-refractivity contribution in [2.45, 2.75) is 117 Å². The van der Waals surface area contributed by atoms with E-state index in [4.69, 9.17) is 10.2 Å². The van der Waals surface area contributed by atoms with Gasteiger partial charge in [-0.1, -0.05) is 111 Å². The molecule has 4 rings (SSSR count). The Morgan fingerprint density at radius 2 is 1.02 bits per heavy atom. The number of likely N-dealkylation sites (tertiary alicyclic amines) is 2. The summed E-state index contributed by atoms with van der Waals surface area (Å²) < 4.78 is 0. The fraction of sp³-hybridized carbons (Fsp3) is 0.455. The first-order valence-electron chi connectivity index (χ1n) is 19.0. The maximum absolute atomic E-state index is 12.2. The molecule has 2 N–H and O–H groups in total. The Hall–Kier alpha value is -4.72. The molecule has 0 radical (unpaired) electrons. The molecule has 2 aliphatic rings. The van der Waals surface area contributed by atoms with E-state index in [1.54, 1.807) is 24.3 Å². The van der Waals surface area contributed by atoms with Crippen molar-refractivity contribution in [1.29, 1.82) is 0 Å². The lowest BCUT2D eigenvalue weighted by atomic mass is 10.1. The summed E-state index contributed by atoms with van der Waals surface area (Å²) in [6.45, 7) is 9.93. The molecule has 0 aromatic heterocycles. The van der Waals surface area contributed by atoms with Gasteiger partial charge in [-0.05, 0) is 87.8 Å². The second-order valence-corrected chi connectivity index (χ2v) is 13.8. The van der Waals surface area contributed by atoms with E-state index in [1.165, 1.54) is 36.8 Å². The van der Waals surface area contributed by atoms with Gasteiger partial charge in [0.05, 0.1) is 23.2 Å². The zero-order valence-electron chi connectivity index (χ0n) is 31.6. The van der Waals surface area contributed by atoms with Crippen molar-refractivity contribution in [3.05, 3.63) is 118 Å². The standard InChI is InChI=1S/2C22H29NO3/c2*1-3-4-5-6-17(2)7-12-20-13-14-21(24)23(20)16-15-18-8-10-19(11-9-18)22(25)26/h2*6-12,20H,3-5,13-16H2,1-2H3,(H,25,26)/b12-7+,17-6+;12-7-,17-6+/t2*20-/m00/s1. The second-order valence-electron chi connectivity index (χ2n) is 13.8. The average Bonchev–Trinajstić information content (AvgIpc) is 3.68. The van der Waals surface area contributed by atoms with Gasteiger partial charge in [-0.25, -0.2) is 9.59 Å². The molecule has 2 amide bonds. The van der Waals surface area contributed by atoms with Gasteiger partial charge in [0.2, 0.25) is 11.8 Å². The van der Waals surface area contributed by atoms with Gasteiger partial charge in [0.1, 0.15) is 0 Å². The number of carbonyl (C=O) groups excluding carboxylic acids is 2. The lowest BCUT2D eigenvalue weighted by Gasteiger charge is -2.22. The van der Waals surface area contributed by atoms with Crippen LogP contribution in [0.4, 0.5) is 0 Å². The Balaban J connectivity index is 0.000000280. The minimum Gasteiger partial charge on any atom is -0.478 e. The number of nitrogens with zero attached hydrogens (tertiary/aromatic N) is 2. The van der Waals surface area contributed by atoms with E-state index in [1.807, 2.05) is 34.1 Å². The predicted octanol–water partition coefficient (Wildman–Crippen LogP) is 9.22. The van der Waals surface area contributed by atoms with Gasteiger partial charge >= 0.3 is 11.9 Å². The summed E-state index contributed by atoms with van der Waals surface area (Å²) in [6, 6.07) is 14.1. The smallest absolute Gasteiger partial charge is 0.335 e. The molecule has 2 aromatic carbocycles. The molecule has 2 saturated heterocycles. The normalized spacial score (nSPS) is 18.1. The van der Waals surface area contributed by atoms with Crippen LogP contribution >= 0.6 is 0 Å². The number of carboxylic acids is 2. The lowest BCUT2D eigenvalue weighted by Crippen LogP contribution is -2.33. The van der Waals surface area contributed by atoms with E-state index < -0.39 is 11.9 Å². The Labute approximate surface area is 310 Å². The van der Waals surface area contributed by atoms with Crippen molar-refractivity contribution in [3.8, 4) is 0 Å². The van der Waals surface area contributed by atoms with Crippen LogP contribution in [0.1, 0.15) is 124 Å². The molecule has 2 atom stereocenters. The van der Waals surface area contributed by atoms with Gasteiger partial charge < -0.3 is 20.0 Å². The molecular formula is C44H58N2O6. The molecule has 2 aliphatic heterocycles. The monoisotopic (exact) mass is 710 g/mol. The molecule has 2 fully saturated rings. The highest BCUT2D eigenvalue weighted by molar-refractivity contribution is 5.88. The summed E-state index contributed by atoms with van der Waals surface area (Å²) in [5.41, 5.74) is 5.18. The number of carboxylic acid groups (broad SMARTS) is 2. The number of benzene rings is 2. The first kappa shape index (κ1) is 41.7. The third kappa shape index (κ3) is 14.1. The number of hydrogen-bond acceptors (Lipinski definition) is 4. The highest BCUT2D eigenvalue weighted by Crippen LogP contribution is 2.23. The second kappa shape index (κ2) is 22.3. The highest BCUT2D eigenvalue weighted by Gasteiger charge is 2.29. The van der Waals surface area contributed by atoms with Gasteiger partial charge in [0.25, 0.3) is 0 Å². The molecule has 0 unspecified atom stereocenters. The Morgan fingerprint density at radius 3 is 1.35 bits per heavy atom. The summed E-state index contributed by atoms with van der Waals surface area (Å²) >= 11 is 0. The maximum atomic E-state index is 12.2. The first-order chi connectivity index (χ1) is 25.0. The van der Waals surface area contributed by atoms with Crippen molar-refractivity contribution in [2.75, 3.05) is 13.1 Å². The van der Waals surface area contributed by atoms with Crippen LogP contribution < -0.4 is 0 Å². The van der Waals surface area contributed by atoms with Crippen molar-refractivity contribution in [3.63, 3.8) is 0 Å². The number of hydrogen-bond donors (Lipinski definition) is 2. The van der Waals surface area contributed by atoms with Crippen LogP contribution in [-0.2, 0) is 22.4 Å². The first-order valence-corrected chi connectivity index (χ1v) is 19.0. The summed E-state index contributed by atoms with van der Waals surface area (Å²) in [7, 11) is 0. The van der Waals surface area contributed by atoms with E-state index in [9.17, 15) is 19.2 Å². The molecule has 0 saturated carbocycles. The van der Waals surface area contributed by atoms with Gasteiger partial charge in [-0.3, -0.25) is 9.59 Å². The number of allylic oxidation sites excluding steroid dienone is 6. The highest BCUT2D eigenvalue weighted by atomic mass is 16.4. The van der Waals surface area contributed by atoms with E-state index in [2.05, 4.69) is 64.2 Å². The van der Waals surface area contributed by atoms with E-state index >= 15 is 0 Å². The summed E-state index contributed by atoms with van der Waals surface area (Å²) in [5.74, 6) is -1.43. The maximum Gasteiger partial charge on any atom is 0.335 e. The molecule has 0 spiro atoms. The van der Waals surface area contributed by atoms with Crippen LogP contribution in [0.2, 0.25) is 0 Å². The van der Waals surface area contributed by atoms with Gasteiger partial charge in [0.15, 0.2) is 0 Å². The van der Waals surface area contributed by atoms with E-state index in [0.717, 1.165) is 49.7 Å². The minimum atomic E-state index is -0.918. The molecule has 8 nitrogen and oxygen atoms in total. The van der Waals surface area contributed by atoms with Crippen LogP contribution in [0.25, 0.3) is 0 Å². The topological polar surface area (TPSA) is 115 Å². The molecule has 8 heteroatoms. The van der Waals surface area contributed by atoms with Gasteiger partial charge in [-0.2, -0.15) is 0 Å². The largest absolute Gasteiger partial charge is 0.478 e. The van der Waals surface area contributed by atoms with Gasteiger partial charge in [-0.15, -0.1) is 0 Å². The average molecular weight is 711 g/mol. The van der Waals surface area contributed by atoms with Crippen LogP contribution in [-0.4, -0.2) is 68.9 Å². The van der Waals surface area contributed by atoms with Crippen molar-refractivity contribution in [2.24, 2.45) is 0 Å². The quantitative estimate of drug-likeness (QED) is 0.118. The fourth-order valence-electron chi connectivity index (χ4n) is 6.35. The zero-order valence-corrected chi connectivity index (χ0v) is 31.6. The Bertz CT molecular complexity index is 1470. The molecule has 52 heavy (non-hydrogen) atoms. The zero-order chi connectivity index (χ0) is 37.9. The number of amides is 2. The molecule has 2 heterocycles. The molecule has 0 bridgehead atoms. The summed E-state index contributed by atoms with van der Waals surface area (Å²) in [6.07, 6.45) is 24.5. The number of aromatic carboxylic acids is 2. The number of unbranched alkanes of at least 4 members (excludes halogenated alkanes) is 4. The SMILES string of the molecule is CCCC/C=C(C)/C=C/[C@H]1CCC(=O)N1CCc1ccc(C(=O)O)cc1.CCCC/C=C(C)/C=C\[C@H]1CCC(=O)N1CCc1ccc(C(=O)O)cc1. The number of carbonyl (C=O) groups is 4. The van der Waals surface area contributed by atoms with E-state index in [0.29, 0.717) is 25.9 Å². The predicted molar refractivity (Wildman–Crippen MR) is 209 cm³/mol. The third-order valence-corrected chi connectivity index (χ3v) is 9.64. The lowest BCUT2D eigenvalue weighted by molar-refractivity contribution is -0.129. The minimum absolute atomic E-state index is 0.162. The van der Waals surface area contributed by atoms with E-state index in [-0.39, 0.29) is 35.0 Å². The summed E-state index contributed by atoms with van der Waals surface area (Å²) in [5, 5.41) is 17.9. The molecule has 2 aromatic rings. The molecular weight excluding hydrogens is 652 g/mol. The Kier molecular flexibility index (Phi) is 17.9. The van der Waals surface area contributed by atoms with Crippen molar-refractivity contribution in [1.82, 2.24) is 9.80 Å². The van der Waals surface area contributed by atoms with Gasteiger partial charge in [0, 0.05) is 25.9 Å². The van der Waals surface area contributed by atoms with Crippen LogP contribution in [0.15, 0.2) is 96.1 Å². The van der Waals surface area contributed by atoms with Crippen molar-refractivity contribution < 1.29 is 29.4 Å². The van der Waals surface area contributed by atoms with Crippen LogP contribution in [0.3, 0.4) is 0 Å². The van der Waals surface area contributed by atoms with Crippen LogP contribution in [0, 0.1) is 0 Å². The van der Waals surface area contributed by atoms with Crippen LogP contribution in [0.5, 0.6) is 0 Å². The number of rotatable bonds is 18. The third-order valence-electron chi connectivity index (χ3n) is 9.64. The Morgan fingerprint density at radius 1 is 0.654 bits per heavy atom. The summed E-state index contributed by atoms with van der Waals surface area (Å²) in [4.78, 5) is 50.1. The molecule has 280 valence electrons. The van der Waals surface area contributed by atoms with Crippen molar-refractivity contribution >= 4 is 23.8 Å².